The zero-order chi connectivity index (χ0) is 24.6. The molecule has 0 saturated carbocycles. The molecule has 0 bridgehead atoms. The van der Waals surface area contributed by atoms with E-state index in [9.17, 15) is 9.59 Å². The Kier molecular flexibility index (Phi) is 6.57. The molecule has 0 atom stereocenters. The van der Waals surface area contributed by atoms with Crippen LogP contribution < -0.4 is 14.4 Å². The van der Waals surface area contributed by atoms with Gasteiger partial charge in [-0.1, -0.05) is 23.5 Å². The summed E-state index contributed by atoms with van der Waals surface area (Å²) in [6.07, 6.45) is 0. The van der Waals surface area contributed by atoms with Crippen molar-refractivity contribution in [2.45, 2.75) is 40.5 Å². The molecule has 6 nitrogen and oxygen atoms in total. The summed E-state index contributed by atoms with van der Waals surface area (Å²) >= 11 is 1.52. The number of ketones is 2. The number of carbonyl (C=O) groups is 2. The van der Waals surface area contributed by atoms with E-state index >= 15 is 0 Å². The third-order valence-corrected chi connectivity index (χ3v) is 7.11. The van der Waals surface area contributed by atoms with E-state index in [1.165, 1.54) is 11.3 Å². The summed E-state index contributed by atoms with van der Waals surface area (Å²) in [5, 5.41) is 0.712. The highest BCUT2D eigenvalue weighted by molar-refractivity contribution is 7.22. The number of hydrogen-bond acceptors (Lipinski definition) is 7. The van der Waals surface area contributed by atoms with E-state index in [0.717, 1.165) is 38.7 Å². The van der Waals surface area contributed by atoms with E-state index in [1.807, 2.05) is 68.1 Å². The lowest BCUT2D eigenvalue weighted by atomic mass is 9.77. The van der Waals surface area contributed by atoms with Crippen molar-refractivity contribution in [2.75, 3.05) is 18.6 Å². The minimum absolute atomic E-state index is 0.0747. The molecule has 4 rings (SSSR count). The van der Waals surface area contributed by atoms with Crippen LogP contribution in [0.25, 0.3) is 10.2 Å². The predicted molar refractivity (Wildman–Crippen MR) is 136 cm³/mol. The van der Waals surface area contributed by atoms with Crippen LogP contribution in [0.1, 0.15) is 46.1 Å². The van der Waals surface area contributed by atoms with E-state index in [-0.39, 0.29) is 11.6 Å². The molecule has 7 heteroatoms. The molecule has 0 amide bonds. The van der Waals surface area contributed by atoms with Gasteiger partial charge < -0.3 is 9.47 Å². The molecule has 0 aliphatic carbocycles. The Hall–Kier alpha value is -3.45. The Morgan fingerprint density at radius 1 is 0.971 bits per heavy atom. The van der Waals surface area contributed by atoms with Crippen molar-refractivity contribution >= 4 is 38.3 Å². The number of thiazole rings is 1. The molecule has 3 aromatic rings. The van der Waals surface area contributed by atoms with Crippen molar-refractivity contribution in [3.63, 3.8) is 0 Å². The predicted octanol–water partition coefficient (Wildman–Crippen LogP) is 6.03. The first-order valence-corrected chi connectivity index (χ1v) is 12.0. The van der Waals surface area contributed by atoms with Crippen molar-refractivity contribution in [3.8, 4) is 11.5 Å². The van der Waals surface area contributed by atoms with E-state index in [0.29, 0.717) is 22.9 Å². The molecule has 0 spiro atoms. The monoisotopic (exact) mass is 476 g/mol. The van der Waals surface area contributed by atoms with Gasteiger partial charge in [-0.25, -0.2) is 4.98 Å². The Bertz CT molecular complexity index is 1300. The highest BCUT2D eigenvalue weighted by atomic mass is 32.1. The van der Waals surface area contributed by atoms with Crippen LogP contribution in [-0.2, 0) is 9.59 Å². The van der Waals surface area contributed by atoms with Crippen LogP contribution in [0.3, 0.4) is 0 Å². The molecule has 1 aliphatic rings. The number of allylic oxidation sites excluding steroid dienone is 4. The second-order valence-corrected chi connectivity index (χ2v) is 9.22. The Labute approximate surface area is 203 Å². The average molecular weight is 477 g/mol. The number of Topliss-reactive ketones (excluding diaryl/α,β-unsaturated/α-hetero) is 2. The van der Waals surface area contributed by atoms with E-state index in [2.05, 4.69) is 0 Å². The van der Waals surface area contributed by atoms with Crippen molar-refractivity contribution in [2.24, 2.45) is 0 Å². The fraction of sp³-hybridized carbons (Fsp3) is 0.296. The molecule has 1 aromatic heterocycles. The van der Waals surface area contributed by atoms with Gasteiger partial charge in [-0.2, -0.15) is 0 Å². The van der Waals surface area contributed by atoms with Crippen LogP contribution in [-0.4, -0.2) is 30.3 Å². The summed E-state index contributed by atoms with van der Waals surface area (Å²) in [4.78, 5) is 32.7. The average Bonchev–Trinajstić information content (AvgIpc) is 3.21. The first-order chi connectivity index (χ1) is 16.3. The third kappa shape index (κ3) is 4.12. The van der Waals surface area contributed by atoms with Crippen LogP contribution in [0.5, 0.6) is 11.5 Å². The lowest BCUT2D eigenvalue weighted by Crippen LogP contribution is -2.33. The summed E-state index contributed by atoms with van der Waals surface area (Å²) in [7, 11) is 1.61. The van der Waals surface area contributed by atoms with Crippen molar-refractivity contribution in [1.29, 1.82) is 0 Å². The molecule has 0 N–H and O–H groups in total. The van der Waals surface area contributed by atoms with Gasteiger partial charge in [0.1, 0.15) is 11.5 Å². The smallest absolute Gasteiger partial charge is 0.195 e. The van der Waals surface area contributed by atoms with Crippen LogP contribution in [0.2, 0.25) is 0 Å². The summed E-state index contributed by atoms with van der Waals surface area (Å²) in [5.41, 5.74) is 4.43. The van der Waals surface area contributed by atoms with Crippen LogP contribution in [0.4, 0.5) is 5.13 Å². The topological polar surface area (TPSA) is 68.7 Å². The molecule has 1 aliphatic heterocycles. The molecule has 0 unspecified atom stereocenters. The minimum Gasteiger partial charge on any atom is -0.497 e. The quantitative estimate of drug-likeness (QED) is 0.415. The van der Waals surface area contributed by atoms with Gasteiger partial charge in [-0.3, -0.25) is 14.5 Å². The number of anilines is 1. The first-order valence-electron chi connectivity index (χ1n) is 11.2. The molecular formula is C27H28N2O4S. The summed E-state index contributed by atoms with van der Waals surface area (Å²) in [6.45, 7) is 9.47. The normalized spacial score (nSPS) is 14.7. The zero-order valence-corrected chi connectivity index (χ0v) is 21.1. The maximum Gasteiger partial charge on any atom is 0.195 e. The van der Waals surface area contributed by atoms with Gasteiger partial charge >= 0.3 is 0 Å². The van der Waals surface area contributed by atoms with E-state index in [1.54, 1.807) is 21.0 Å². The largest absolute Gasteiger partial charge is 0.497 e. The van der Waals surface area contributed by atoms with E-state index in [4.69, 9.17) is 14.5 Å². The number of aromatic nitrogens is 1. The minimum atomic E-state index is -0.448. The van der Waals surface area contributed by atoms with Gasteiger partial charge in [-0.15, -0.1) is 0 Å². The molecule has 0 saturated heterocycles. The number of carbonyl (C=O) groups excluding carboxylic acids is 2. The van der Waals surface area contributed by atoms with Gasteiger partial charge in [0.15, 0.2) is 16.7 Å². The third-order valence-electron chi connectivity index (χ3n) is 6.09. The number of benzene rings is 2. The summed E-state index contributed by atoms with van der Waals surface area (Å²) < 4.78 is 11.9. The highest BCUT2D eigenvalue weighted by Gasteiger charge is 2.38. The Morgan fingerprint density at radius 3 is 2.09 bits per heavy atom. The standard InChI is InChI=1S/C27H28N2O4S/c1-7-33-21-12-13-23-22(14-21)28-27(34-23)29-15(2)24(17(4)30)26(25(16(29)3)18(5)31)19-8-10-20(32-6)11-9-19/h8-14,26H,7H2,1-6H3. The number of rotatable bonds is 7. The Balaban J connectivity index is 1.90. The summed E-state index contributed by atoms with van der Waals surface area (Å²) in [5.74, 6) is 0.885. The van der Waals surface area contributed by atoms with Crippen LogP contribution in [0.15, 0.2) is 65.0 Å². The van der Waals surface area contributed by atoms with Gasteiger partial charge in [0.05, 0.1) is 23.9 Å². The summed E-state index contributed by atoms with van der Waals surface area (Å²) in [6, 6.07) is 13.4. The molecule has 0 fully saturated rings. The van der Waals surface area contributed by atoms with Gasteiger partial charge in [0.25, 0.3) is 0 Å². The van der Waals surface area contributed by atoms with Gasteiger partial charge in [-0.05, 0) is 64.4 Å². The molecular weight excluding hydrogens is 448 g/mol. The lowest BCUT2D eigenvalue weighted by Gasteiger charge is -2.36. The fourth-order valence-corrected chi connectivity index (χ4v) is 5.69. The number of hydrogen-bond donors (Lipinski definition) is 0. The lowest BCUT2D eigenvalue weighted by molar-refractivity contribution is -0.114. The van der Waals surface area contributed by atoms with Crippen molar-refractivity contribution in [1.82, 2.24) is 4.98 Å². The number of ether oxygens (including phenoxy) is 2. The zero-order valence-electron chi connectivity index (χ0n) is 20.3. The van der Waals surface area contributed by atoms with Crippen molar-refractivity contribution < 1.29 is 19.1 Å². The molecule has 2 heterocycles. The second-order valence-electron chi connectivity index (χ2n) is 8.21. The fourth-order valence-electron chi connectivity index (χ4n) is 4.63. The molecule has 176 valence electrons. The maximum atomic E-state index is 13.0. The SMILES string of the molecule is CCOc1ccc2sc(N3C(C)=C(C(C)=O)C(c4ccc(OC)cc4)C(C(C)=O)=C3C)nc2c1. The number of methoxy groups -OCH3 is 1. The first kappa shape index (κ1) is 23.7. The number of nitrogens with zero attached hydrogens (tertiary/aromatic N) is 2. The highest BCUT2D eigenvalue weighted by Crippen LogP contribution is 2.46. The van der Waals surface area contributed by atoms with Gasteiger partial charge in [0.2, 0.25) is 0 Å². The molecule has 0 radical (unpaired) electrons. The van der Waals surface area contributed by atoms with Crippen LogP contribution >= 0.6 is 11.3 Å². The molecule has 34 heavy (non-hydrogen) atoms. The maximum absolute atomic E-state index is 13.0. The van der Waals surface area contributed by atoms with Crippen molar-refractivity contribution in [3.05, 3.63) is 70.6 Å². The Morgan fingerprint density at radius 2 is 1.56 bits per heavy atom. The van der Waals surface area contributed by atoms with Crippen LogP contribution in [0, 0.1) is 0 Å². The number of fused-ring (bicyclic) bond motifs is 1. The molecule has 2 aromatic carbocycles. The van der Waals surface area contributed by atoms with Gasteiger partial charge in [0, 0.05) is 34.5 Å². The second kappa shape index (κ2) is 9.43. The van der Waals surface area contributed by atoms with E-state index < -0.39 is 5.92 Å².